The zero-order valence-electron chi connectivity index (χ0n) is 15.3. The fraction of sp³-hybridized carbons (Fsp3) is 0.333. The number of carbonyl (C=O) groups is 4. The molecule has 2 aromatic rings. The Morgan fingerprint density at radius 1 is 1.11 bits per heavy atom. The number of rotatable bonds is 9. The number of nitrogens with one attached hydrogen (secondary N) is 3. The van der Waals surface area contributed by atoms with Crippen molar-refractivity contribution >= 4 is 34.6 Å². The number of hydrogen-bond acceptors (Lipinski definition) is 5. The maximum absolute atomic E-state index is 12.5. The predicted molar refractivity (Wildman–Crippen MR) is 101 cm³/mol. The fourth-order valence-corrected chi connectivity index (χ4v) is 2.71. The maximum Gasteiger partial charge on any atom is 0.326 e. The molecule has 28 heavy (non-hydrogen) atoms. The maximum atomic E-state index is 12.5. The van der Waals surface area contributed by atoms with Crippen LogP contribution in [0, 0.1) is 0 Å². The molecule has 150 valence electrons. The number of carbonyl (C=O) groups excluding carboxylic acids is 3. The van der Waals surface area contributed by atoms with Crippen molar-refractivity contribution in [2.45, 2.75) is 37.9 Å². The summed E-state index contributed by atoms with van der Waals surface area (Å²) >= 11 is 0. The molecule has 0 spiro atoms. The molecule has 0 aliphatic carbocycles. The van der Waals surface area contributed by atoms with E-state index >= 15 is 0 Å². The average molecular weight is 389 g/mol. The van der Waals surface area contributed by atoms with Crippen LogP contribution in [0.1, 0.15) is 18.9 Å². The Balaban J connectivity index is 2.16. The van der Waals surface area contributed by atoms with E-state index in [1.165, 1.54) is 6.92 Å². The summed E-state index contributed by atoms with van der Waals surface area (Å²) in [6, 6.07) is 3.84. The highest BCUT2D eigenvalue weighted by molar-refractivity contribution is 5.94. The Hall–Kier alpha value is -3.40. The highest BCUT2D eigenvalue weighted by Gasteiger charge is 2.29. The molecule has 0 saturated heterocycles. The van der Waals surface area contributed by atoms with E-state index in [4.69, 9.17) is 11.5 Å². The van der Waals surface area contributed by atoms with Crippen molar-refractivity contribution in [2.75, 3.05) is 0 Å². The van der Waals surface area contributed by atoms with Crippen molar-refractivity contribution in [3.63, 3.8) is 0 Å². The van der Waals surface area contributed by atoms with Crippen LogP contribution < -0.4 is 22.1 Å². The smallest absolute Gasteiger partial charge is 0.326 e. The number of hydrogen-bond donors (Lipinski definition) is 6. The average Bonchev–Trinajstić information content (AvgIpc) is 3.03. The van der Waals surface area contributed by atoms with E-state index in [1.807, 2.05) is 24.3 Å². The Bertz CT molecular complexity index is 891. The normalized spacial score (nSPS) is 14.1. The molecule has 0 aliphatic rings. The number of carboxylic acids is 1. The van der Waals surface area contributed by atoms with Crippen molar-refractivity contribution in [2.24, 2.45) is 11.5 Å². The zero-order valence-corrected chi connectivity index (χ0v) is 15.3. The van der Waals surface area contributed by atoms with Crippen molar-refractivity contribution in [1.29, 1.82) is 0 Å². The molecule has 3 unspecified atom stereocenters. The third-order valence-electron chi connectivity index (χ3n) is 4.17. The van der Waals surface area contributed by atoms with E-state index in [2.05, 4.69) is 15.6 Å². The molecule has 1 aromatic carbocycles. The van der Waals surface area contributed by atoms with Gasteiger partial charge in [-0.2, -0.15) is 0 Å². The van der Waals surface area contributed by atoms with Gasteiger partial charge in [-0.3, -0.25) is 14.4 Å². The van der Waals surface area contributed by atoms with Gasteiger partial charge in [0.05, 0.1) is 12.5 Å². The summed E-state index contributed by atoms with van der Waals surface area (Å²) in [6.07, 6.45) is 1.20. The molecule has 3 atom stereocenters. The summed E-state index contributed by atoms with van der Waals surface area (Å²) in [5, 5.41) is 15.0. The van der Waals surface area contributed by atoms with E-state index in [-0.39, 0.29) is 6.42 Å². The van der Waals surface area contributed by atoms with Gasteiger partial charge < -0.3 is 32.2 Å². The van der Waals surface area contributed by atoms with Crippen LogP contribution in [0.25, 0.3) is 10.9 Å². The summed E-state index contributed by atoms with van der Waals surface area (Å²) in [6.45, 7) is 1.41. The van der Waals surface area contributed by atoms with Crippen molar-refractivity contribution in [1.82, 2.24) is 15.6 Å². The Morgan fingerprint density at radius 3 is 2.36 bits per heavy atom. The van der Waals surface area contributed by atoms with Gasteiger partial charge in [0, 0.05) is 23.5 Å². The van der Waals surface area contributed by atoms with Crippen LogP contribution >= 0.6 is 0 Å². The SMILES string of the molecule is CC(N)C(=O)NC(CC(N)=O)C(=O)NC(Cc1c[nH]c2ccccc12)C(=O)O. The molecule has 0 bridgehead atoms. The van der Waals surface area contributed by atoms with Crippen molar-refractivity contribution in [3.8, 4) is 0 Å². The lowest BCUT2D eigenvalue weighted by atomic mass is 10.0. The van der Waals surface area contributed by atoms with Gasteiger partial charge in [0.1, 0.15) is 12.1 Å². The van der Waals surface area contributed by atoms with Crippen LogP contribution in [0.5, 0.6) is 0 Å². The van der Waals surface area contributed by atoms with Crippen LogP contribution in [-0.4, -0.2) is 51.9 Å². The monoisotopic (exact) mass is 389 g/mol. The van der Waals surface area contributed by atoms with Gasteiger partial charge >= 0.3 is 5.97 Å². The van der Waals surface area contributed by atoms with Gasteiger partial charge in [-0.05, 0) is 18.6 Å². The van der Waals surface area contributed by atoms with Gasteiger partial charge in [-0.1, -0.05) is 18.2 Å². The third kappa shape index (κ3) is 5.30. The minimum atomic E-state index is -1.32. The molecular weight excluding hydrogens is 366 g/mol. The predicted octanol–water partition coefficient (Wildman–Crippen LogP) is -1.01. The topological polar surface area (TPSA) is 180 Å². The highest BCUT2D eigenvalue weighted by Crippen LogP contribution is 2.19. The Kier molecular flexibility index (Phi) is 6.72. The van der Waals surface area contributed by atoms with Crippen LogP contribution in [0.3, 0.4) is 0 Å². The van der Waals surface area contributed by atoms with Gasteiger partial charge in [-0.25, -0.2) is 4.79 Å². The van der Waals surface area contributed by atoms with Gasteiger partial charge in [0.2, 0.25) is 17.7 Å². The second-order valence-electron chi connectivity index (χ2n) is 6.48. The molecule has 0 saturated carbocycles. The standard InChI is InChI=1S/C18H23N5O5/c1-9(19)16(25)22-13(7-15(20)24)17(26)23-14(18(27)28)6-10-8-21-12-5-3-2-4-11(10)12/h2-5,8-9,13-14,21H,6-7,19H2,1H3,(H2,20,24)(H,22,25)(H,23,26)(H,27,28). The number of aromatic nitrogens is 1. The quantitative estimate of drug-likeness (QED) is 0.319. The molecule has 3 amide bonds. The molecule has 2 rings (SSSR count). The highest BCUT2D eigenvalue weighted by atomic mass is 16.4. The van der Waals surface area contributed by atoms with Crippen LogP contribution in [0.4, 0.5) is 0 Å². The number of aliphatic carboxylic acids is 1. The largest absolute Gasteiger partial charge is 0.480 e. The van der Waals surface area contributed by atoms with E-state index in [0.29, 0.717) is 5.56 Å². The van der Waals surface area contributed by atoms with Crippen LogP contribution in [-0.2, 0) is 25.6 Å². The number of amides is 3. The first-order valence-electron chi connectivity index (χ1n) is 8.61. The summed E-state index contributed by atoms with van der Waals surface area (Å²) in [7, 11) is 0. The minimum Gasteiger partial charge on any atom is -0.480 e. The summed E-state index contributed by atoms with van der Waals surface area (Å²) in [4.78, 5) is 50.2. The first-order chi connectivity index (χ1) is 13.2. The first kappa shape index (κ1) is 20.9. The number of fused-ring (bicyclic) bond motifs is 1. The Labute approximate surface area is 160 Å². The Morgan fingerprint density at radius 2 is 1.75 bits per heavy atom. The summed E-state index contributed by atoms with van der Waals surface area (Å²) < 4.78 is 0. The lowest BCUT2D eigenvalue weighted by Crippen LogP contribution is -2.55. The molecular formula is C18H23N5O5. The van der Waals surface area contributed by atoms with E-state index < -0.39 is 48.2 Å². The summed E-state index contributed by atoms with van der Waals surface area (Å²) in [5.41, 5.74) is 12.1. The molecule has 8 N–H and O–H groups in total. The minimum absolute atomic E-state index is 0.00954. The van der Waals surface area contributed by atoms with Gasteiger partial charge in [0.25, 0.3) is 0 Å². The molecule has 1 heterocycles. The summed E-state index contributed by atoms with van der Waals surface area (Å²) in [5.74, 6) is -3.58. The molecule has 10 heteroatoms. The van der Waals surface area contributed by atoms with Crippen molar-refractivity contribution in [3.05, 3.63) is 36.0 Å². The third-order valence-corrected chi connectivity index (χ3v) is 4.17. The second-order valence-corrected chi connectivity index (χ2v) is 6.48. The number of benzene rings is 1. The number of aromatic amines is 1. The molecule has 0 fully saturated rings. The van der Waals surface area contributed by atoms with Crippen LogP contribution in [0.2, 0.25) is 0 Å². The molecule has 0 radical (unpaired) electrons. The number of carboxylic acid groups (broad SMARTS) is 1. The lowest BCUT2D eigenvalue weighted by molar-refractivity contribution is -0.142. The van der Waals surface area contributed by atoms with Crippen molar-refractivity contribution < 1.29 is 24.3 Å². The first-order valence-corrected chi connectivity index (χ1v) is 8.61. The lowest BCUT2D eigenvalue weighted by Gasteiger charge is -2.21. The van der Waals surface area contributed by atoms with E-state index in [9.17, 15) is 24.3 Å². The van der Waals surface area contributed by atoms with Gasteiger partial charge in [0.15, 0.2) is 0 Å². The second kappa shape index (κ2) is 9.00. The number of nitrogens with two attached hydrogens (primary N) is 2. The van der Waals surface area contributed by atoms with Gasteiger partial charge in [-0.15, -0.1) is 0 Å². The number of para-hydroxylation sites is 1. The fourth-order valence-electron chi connectivity index (χ4n) is 2.71. The van der Waals surface area contributed by atoms with E-state index in [1.54, 1.807) is 6.20 Å². The molecule has 10 nitrogen and oxygen atoms in total. The molecule has 1 aromatic heterocycles. The van der Waals surface area contributed by atoms with E-state index in [0.717, 1.165) is 10.9 Å². The molecule has 0 aliphatic heterocycles. The van der Waals surface area contributed by atoms with Crippen LogP contribution in [0.15, 0.2) is 30.5 Å². The number of H-pyrrole nitrogens is 1. The zero-order chi connectivity index (χ0) is 20.8. The number of primary amides is 1.